The van der Waals surface area contributed by atoms with Gasteiger partial charge < -0.3 is 21.3 Å². The van der Waals surface area contributed by atoms with Crippen LogP contribution in [0.1, 0.15) is 34.6 Å². The minimum atomic E-state index is -0.276. The number of benzene rings is 3. The molecule has 0 aromatic heterocycles. The predicted octanol–water partition coefficient (Wildman–Crippen LogP) is 5.40. The number of nitrogens with one attached hydrogen (secondary N) is 2. The predicted molar refractivity (Wildman–Crippen MR) is 127 cm³/mol. The number of nitrogens with two attached hydrogens (primary N) is 1. The highest BCUT2D eigenvalue weighted by atomic mass is 35.5. The van der Waals surface area contributed by atoms with Crippen molar-refractivity contribution in [3.8, 4) is 0 Å². The lowest BCUT2D eigenvalue weighted by Gasteiger charge is -2.18. The molecule has 31 heavy (non-hydrogen) atoms. The molecule has 0 bridgehead atoms. The Morgan fingerprint density at radius 3 is 2.06 bits per heavy atom. The highest BCUT2D eigenvalue weighted by Gasteiger charge is 2.13. The lowest BCUT2D eigenvalue weighted by atomic mass is 10.1. The first kappa shape index (κ1) is 22.2. The minimum Gasteiger partial charge on any atom is -0.397 e. The van der Waals surface area contributed by atoms with Crippen molar-refractivity contribution in [1.82, 2.24) is 4.90 Å². The van der Waals surface area contributed by atoms with Crippen LogP contribution in [0.25, 0.3) is 0 Å². The van der Waals surface area contributed by atoms with Gasteiger partial charge in [0.1, 0.15) is 0 Å². The number of carbonyl (C=O) groups excluding carboxylic acids is 2. The normalized spacial score (nSPS) is 10.4. The molecule has 7 heteroatoms. The van der Waals surface area contributed by atoms with Crippen molar-refractivity contribution in [2.75, 3.05) is 29.5 Å². The SMILES string of the molecule is CCN(CC)C(=O)c1ccc(NC(=O)c2ccc(N)c(Nc3ccc(Cl)cc3)c2)cc1. The van der Waals surface area contributed by atoms with Crippen LogP contribution in [0.3, 0.4) is 0 Å². The molecule has 0 unspecified atom stereocenters. The maximum Gasteiger partial charge on any atom is 0.255 e. The van der Waals surface area contributed by atoms with E-state index in [1.54, 1.807) is 59.5 Å². The van der Waals surface area contributed by atoms with E-state index >= 15 is 0 Å². The second-order valence-corrected chi connectivity index (χ2v) is 7.38. The number of hydrogen-bond donors (Lipinski definition) is 3. The van der Waals surface area contributed by atoms with Crippen molar-refractivity contribution in [1.29, 1.82) is 0 Å². The molecule has 0 radical (unpaired) electrons. The summed E-state index contributed by atoms with van der Waals surface area (Å²) in [5.41, 5.74) is 9.64. The van der Waals surface area contributed by atoms with Crippen LogP contribution in [-0.4, -0.2) is 29.8 Å². The lowest BCUT2D eigenvalue weighted by molar-refractivity contribution is 0.0773. The first-order valence-electron chi connectivity index (χ1n) is 10.0. The fourth-order valence-corrected chi connectivity index (χ4v) is 3.21. The van der Waals surface area contributed by atoms with Crippen molar-refractivity contribution in [2.45, 2.75) is 13.8 Å². The van der Waals surface area contributed by atoms with Crippen LogP contribution in [0.5, 0.6) is 0 Å². The van der Waals surface area contributed by atoms with E-state index in [1.165, 1.54) is 0 Å². The number of anilines is 4. The van der Waals surface area contributed by atoms with Gasteiger partial charge >= 0.3 is 0 Å². The van der Waals surface area contributed by atoms with Crippen molar-refractivity contribution >= 4 is 46.2 Å². The summed E-state index contributed by atoms with van der Waals surface area (Å²) in [7, 11) is 0. The third-order valence-corrected chi connectivity index (χ3v) is 5.13. The molecule has 0 aliphatic rings. The highest BCUT2D eigenvalue weighted by molar-refractivity contribution is 6.30. The fraction of sp³-hybridized carbons (Fsp3) is 0.167. The first-order valence-corrected chi connectivity index (χ1v) is 10.4. The van der Waals surface area contributed by atoms with Gasteiger partial charge in [0.2, 0.25) is 0 Å². The van der Waals surface area contributed by atoms with Gasteiger partial charge in [-0.15, -0.1) is 0 Å². The molecule has 0 aliphatic heterocycles. The number of rotatable bonds is 7. The summed E-state index contributed by atoms with van der Waals surface area (Å²) in [6, 6.07) is 19.1. The topological polar surface area (TPSA) is 87.5 Å². The number of nitrogens with zero attached hydrogens (tertiary/aromatic N) is 1. The molecule has 3 aromatic carbocycles. The van der Waals surface area contributed by atoms with Crippen LogP contribution < -0.4 is 16.4 Å². The maximum atomic E-state index is 12.7. The van der Waals surface area contributed by atoms with Gasteiger partial charge in [-0.3, -0.25) is 9.59 Å². The zero-order valence-corrected chi connectivity index (χ0v) is 18.2. The van der Waals surface area contributed by atoms with E-state index in [2.05, 4.69) is 10.6 Å². The Bertz CT molecular complexity index is 1060. The van der Waals surface area contributed by atoms with Crippen molar-refractivity contribution in [3.05, 3.63) is 82.9 Å². The summed E-state index contributed by atoms with van der Waals surface area (Å²) >= 11 is 5.92. The van der Waals surface area contributed by atoms with Gasteiger partial charge in [-0.1, -0.05) is 11.6 Å². The Kier molecular flexibility index (Phi) is 7.15. The number of amides is 2. The summed E-state index contributed by atoms with van der Waals surface area (Å²) in [4.78, 5) is 26.9. The molecular weight excluding hydrogens is 412 g/mol. The summed E-state index contributed by atoms with van der Waals surface area (Å²) in [5.74, 6) is -0.304. The monoisotopic (exact) mass is 436 g/mol. The van der Waals surface area contributed by atoms with Gasteiger partial charge in [0.15, 0.2) is 0 Å². The van der Waals surface area contributed by atoms with E-state index in [0.717, 1.165) is 5.69 Å². The molecule has 0 aliphatic carbocycles. The zero-order valence-electron chi connectivity index (χ0n) is 17.5. The average molecular weight is 437 g/mol. The molecule has 160 valence electrons. The average Bonchev–Trinajstić information content (AvgIpc) is 2.78. The van der Waals surface area contributed by atoms with Crippen molar-refractivity contribution in [3.63, 3.8) is 0 Å². The molecular formula is C24H25ClN4O2. The Hall–Kier alpha value is -3.51. The van der Waals surface area contributed by atoms with Gasteiger partial charge in [-0.25, -0.2) is 0 Å². The molecule has 0 fully saturated rings. The largest absolute Gasteiger partial charge is 0.397 e. The third kappa shape index (κ3) is 5.55. The molecule has 0 atom stereocenters. The fourth-order valence-electron chi connectivity index (χ4n) is 3.09. The van der Waals surface area contributed by atoms with Crippen LogP contribution in [0.2, 0.25) is 5.02 Å². The minimum absolute atomic E-state index is 0.0284. The molecule has 3 rings (SSSR count). The number of carbonyl (C=O) groups is 2. The molecule has 0 spiro atoms. The molecule has 3 aromatic rings. The van der Waals surface area contributed by atoms with Crippen LogP contribution in [0, 0.1) is 0 Å². The van der Waals surface area contributed by atoms with E-state index in [9.17, 15) is 9.59 Å². The molecule has 0 saturated carbocycles. The molecule has 0 heterocycles. The second kappa shape index (κ2) is 10.00. The highest BCUT2D eigenvalue weighted by Crippen LogP contribution is 2.26. The van der Waals surface area contributed by atoms with E-state index < -0.39 is 0 Å². The zero-order chi connectivity index (χ0) is 22.4. The standard InChI is InChI=1S/C24H25ClN4O2/c1-3-29(4-2)24(31)16-5-10-20(11-6-16)28-23(30)17-7-14-21(26)22(15-17)27-19-12-8-18(25)9-13-19/h5-15,27H,3-4,26H2,1-2H3,(H,28,30). The first-order chi connectivity index (χ1) is 14.9. The Labute approximate surface area is 187 Å². The maximum absolute atomic E-state index is 12.7. The van der Waals surface area contributed by atoms with Gasteiger partial charge in [0.25, 0.3) is 11.8 Å². The summed E-state index contributed by atoms with van der Waals surface area (Å²) in [6.07, 6.45) is 0. The number of hydrogen-bond acceptors (Lipinski definition) is 4. The van der Waals surface area contributed by atoms with Crippen LogP contribution in [-0.2, 0) is 0 Å². The van der Waals surface area contributed by atoms with Gasteiger partial charge in [0, 0.05) is 40.6 Å². The summed E-state index contributed by atoms with van der Waals surface area (Å²) in [5, 5.41) is 6.68. The van der Waals surface area contributed by atoms with E-state index in [1.807, 2.05) is 26.0 Å². The van der Waals surface area contributed by atoms with Crippen LogP contribution >= 0.6 is 11.6 Å². The smallest absolute Gasteiger partial charge is 0.255 e. The number of nitrogen functional groups attached to an aromatic ring is 1. The Morgan fingerprint density at radius 1 is 0.871 bits per heavy atom. The third-order valence-electron chi connectivity index (χ3n) is 4.88. The summed E-state index contributed by atoms with van der Waals surface area (Å²) in [6.45, 7) is 5.19. The number of halogens is 1. The molecule has 2 amide bonds. The van der Waals surface area contributed by atoms with Crippen LogP contribution in [0.4, 0.5) is 22.7 Å². The molecule has 4 N–H and O–H groups in total. The van der Waals surface area contributed by atoms with Gasteiger partial charge in [-0.05, 0) is 80.6 Å². The molecule has 0 saturated heterocycles. The van der Waals surface area contributed by atoms with E-state index in [0.29, 0.717) is 46.3 Å². The van der Waals surface area contributed by atoms with Gasteiger partial charge in [-0.2, -0.15) is 0 Å². The quantitative estimate of drug-likeness (QED) is 0.433. The van der Waals surface area contributed by atoms with Crippen molar-refractivity contribution < 1.29 is 9.59 Å². The van der Waals surface area contributed by atoms with E-state index in [4.69, 9.17) is 17.3 Å². The van der Waals surface area contributed by atoms with Crippen molar-refractivity contribution in [2.24, 2.45) is 0 Å². The summed E-state index contributed by atoms with van der Waals surface area (Å²) < 4.78 is 0. The Morgan fingerprint density at radius 2 is 1.45 bits per heavy atom. The van der Waals surface area contributed by atoms with E-state index in [-0.39, 0.29) is 11.8 Å². The lowest BCUT2D eigenvalue weighted by Crippen LogP contribution is -2.30. The second-order valence-electron chi connectivity index (χ2n) is 6.94. The Balaban J connectivity index is 1.71. The van der Waals surface area contributed by atoms with Crippen LogP contribution in [0.15, 0.2) is 66.7 Å². The van der Waals surface area contributed by atoms with Gasteiger partial charge in [0.05, 0.1) is 11.4 Å². The molecule has 6 nitrogen and oxygen atoms in total.